The van der Waals surface area contributed by atoms with E-state index in [-0.39, 0.29) is 18.4 Å². The molecule has 0 radical (unpaired) electrons. The minimum absolute atomic E-state index is 0.0826. The van der Waals surface area contributed by atoms with Crippen molar-refractivity contribution in [3.05, 3.63) is 59.2 Å². The summed E-state index contributed by atoms with van der Waals surface area (Å²) in [6, 6.07) is 12.8. The zero-order valence-corrected chi connectivity index (χ0v) is 17.6. The van der Waals surface area contributed by atoms with Gasteiger partial charge in [-0.1, -0.05) is 38.1 Å². The molecule has 2 N–H and O–H groups in total. The minimum Gasteiger partial charge on any atom is -0.493 e. The molecule has 0 bridgehead atoms. The molecular weight excluding hydrogens is 368 g/mol. The molecule has 0 saturated carbocycles. The number of ether oxygens (including phenoxy) is 2. The third-order valence-electron chi connectivity index (χ3n) is 4.47. The van der Waals surface area contributed by atoms with Crippen LogP contribution in [0.2, 0.25) is 0 Å². The van der Waals surface area contributed by atoms with E-state index >= 15 is 0 Å². The van der Waals surface area contributed by atoms with Crippen LogP contribution in [0.1, 0.15) is 41.8 Å². The second-order valence-electron chi connectivity index (χ2n) is 7.29. The first-order chi connectivity index (χ1) is 13.9. The summed E-state index contributed by atoms with van der Waals surface area (Å²) in [5, 5.41) is 5.44. The van der Waals surface area contributed by atoms with Gasteiger partial charge in [-0.25, -0.2) is 0 Å². The SMILES string of the molecule is COc1cc(CNC(=O)CNC(=O)c2ccccc2C)ccc1OCCC(C)C. The van der Waals surface area contributed by atoms with Crippen molar-refractivity contribution < 1.29 is 19.1 Å². The average Bonchev–Trinajstić information content (AvgIpc) is 2.71. The topological polar surface area (TPSA) is 76.7 Å². The lowest BCUT2D eigenvalue weighted by molar-refractivity contribution is -0.120. The van der Waals surface area contributed by atoms with Gasteiger partial charge in [-0.05, 0) is 48.6 Å². The molecule has 0 aliphatic heterocycles. The molecule has 0 fully saturated rings. The van der Waals surface area contributed by atoms with Crippen molar-refractivity contribution in [3.8, 4) is 11.5 Å². The van der Waals surface area contributed by atoms with Crippen LogP contribution in [0.25, 0.3) is 0 Å². The molecule has 0 spiro atoms. The maximum Gasteiger partial charge on any atom is 0.251 e. The van der Waals surface area contributed by atoms with Crippen LogP contribution < -0.4 is 20.1 Å². The third-order valence-corrected chi connectivity index (χ3v) is 4.47. The summed E-state index contributed by atoms with van der Waals surface area (Å²) in [6.45, 7) is 7.04. The Morgan fingerprint density at radius 1 is 1.03 bits per heavy atom. The molecule has 0 aliphatic carbocycles. The summed E-state index contributed by atoms with van der Waals surface area (Å²) in [6.07, 6.45) is 0.967. The lowest BCUT2D eigenvalue weighted by atomic mass is 10.1. The van der Waals surface area contributed by atoms with Gasteiger partial charge in [0.2, 0.25) is 5.91 Å². The van der Waals surface area contributed by atoms with Crippen LogP contribution in [-0.2, 0) is 11.3 Å². The summed E-state index contributed by atoms with van der Waals surface area (Å²) in [5.74, 6) is 1.37. The number of nitrogens with one attached hydrogen (secondary N) is 2. The quantitative estimate of drug-likeness (QED) is 0.642. The highest BCUT2D eigenvalue weighted by molar-refractivity contribution is 5.97. The van der Waals surface area contributed by atoms with Crippen molar-refractivity contribution in [2.24, 2.45) is 5.92 Å². The number of hydrogen-bond donors (Lipinski definition) is 2. The fourth-order valence-corrected chi connectivity index (χ4v) is 2.69. The first kappa shape index (κ1) is 22.3. The van der Waals surface area contributed by atoms with E-state index in [0.717, 1.165) is 17.5 Å². The third kappa shape index (κ3) is 7.14. The Kier molecular flexibility index (Phi) is 8.52. The normalized spacial score (nSPS) is 10.5. The molecule has 0 heterocycles. The van der Waals surface area contributed by atoms with Crippen LogP contribution >= 0.6 is 0 Å². The highest BCUT2D eigenvalue weighted by Gasteiger charge is 2.11. The summed E-state index contributed by atoms with van der Waals surface area (Å²) in [5.41, 5.74) is 2.32. The standard InChI is InChI=1S/C23H30N2O4/c1-16(2)11-12-29-20-10-9-18(13-21(20)28-4)14-24-22(26)15-25-23(27)19-8-6-5-7-17(19)3/h5-10,13,16H,11-12,14-15H2,1-4H3,(H,24,26)(H,25,27). The maximum absolute atomic E-state index is 12.2. The van der Waals surface area contributed by atoms with Gasteiger partial charge in [-0.3, -0.25) is 9.59 Å². The van der Waals surface area contributed by atoms with Gasteiger partial charge in [0.1, 0.15) is 0 Å². The Balaban J connectivity index is 1.83. The number of carbonyl (C=O) groups is 2. The van der Waals surface area contributed by atoms with Gasteiger partial charge >= 0.3 is 0 Å². The lowest BCUT2D eigenvalue weighted by Gasteiger charge is -2.13. The van der Waals surface area contributed by atoms with E-state index in [2.05, 4.69) is 24.5 Å². The van der Waals surface area contributed by atoms with Gasteiger partial charge in [0, 0.05) is 12.1 Å². The van der Waals surface area contributed by atoms with Crippen LogP contribution in [0.5, 0.6) is 11.5 Å². The van der Waals surface area contributed by atoms with Crippen molar-refractivity contribution in [2.75, 3.05) is 20.3 Å². The minimum atomic E-state index is -0.261. The number of rotatable bonds is 10. The molecule has 156 valence electrons. The Hall–Kier alpha value is -3.02. The number of methoxy groups -OCH3 is 1. The molecule has 2 amide bonds. The van der Waals surface area contributed by atoms with E-state index in [1.54, 1.807) is 19.2 Å². The van der Waals surface area contributed by atoms with Crippen molar-refractivity contribution in [1.29, 1.82) is 0 Å². The van der Waals surface area contributed by atoms with Gasteiger partial charge in [0.05, 0.1) is 20.3 Å². The molecule has 0 atom stereocenters. The fraction of sp³-hybridized carbons (Fsp3) is 0.391. The summed E-state index contributed by atoms with van der Waals surface area (Å²) in [7, 11) is 1.59. The van der Waals surface area contributed by atoms with E-state index < -0.39 is 0 Å². The predicted molar refractivity (Wildman–Crippen MR) is 113 cm³/mol. The molecule has 0 aromatic heterocycles. The van der Waals surface area contributed by atoms with Gasteiger partial charge in [0.15, 0.2) is 11.5 Å². The Morgan fingerprint density at radius 3 is 2.48 bits per heavy atom. The van der Waals surface area contributed by atoms with Gasteiger partial charge in [-0.2, -0.15) is 0 Å². The van der Waals surface area contributed by atoms with Crippen LogP contribution in [0, 0.1) is 12.8 Å². The molecule has 0 saturated heterocycles. The number of hydrogen-bond acceptors (Lipinski definition) is 4. The van der Waals surface area contributed by atoms with Crippen LogP contribution in [0.3, 0.4) is 0 Å². The fourth-order valence-electron chi connectivity index (χ4n) is 2.69. The van der Waals surface area contributed by atoms with E-state index in [4.69, 9.17) is 9.47 Å². The van der Waals surface area contributed by atoms with E-state index in [1.165, 1.54) is 0 Å². The Bertz CT molecular complexity index is 833. The van der Waals surface area contributed by atoms with Crippen molar-refractivity contribution >= 4 is 11.8 Å². The second kappa shape index (κ2) is 11.1. The zero-order chi connectivity index (χ0) is 21.2. The van der Waals surface area contributed by atoms with Crippen molar-refractivity contribution in [1.82, 2.24) is 10.6 Å². The summed E-state index contributed by atoms with van der Waals surface area (Å²) >= 11 is 0. The first-order valence-electron chi connectivity index (χ1n) is 9.81. The van der Waals surface area contributed by atoms with Crippen LogP contribution in [0.15, 0.2) is 42.5 Å². The maximum atomic E-state index is 12.2. The molecule has 6 nitrogen and oxygen atoms in total. The molecule has 29 heavy (non-hydrogen) atoms. The van der Waals surface area contributed by atoms with Gasteiger partial charge < -0.3 is 20.1 Å². The zero-order valence-electron chi connectivity index (χ0n) is 17.6. The Labute approximate surface area is 172 Å². The highest BCUT2D eigenvalue weighted by atomic mass is 16.5. The summed E-state index contributed by atoms with van der Waals surface area (Å²) in [4.78, 5) is 24.3. The molecular formula is C23H30N2O4. The van der Waals surface area contributed by atoms with Crippen molar-refractivity contribution in [2.45, 2.75) is 33.7 Å². The largest absolute Gasteiger partial charge is 0.493 e. The van der Waals surface area contributed by atoms with Crippen LogP contribution in [-0.4, -0.2) is 32.1 Å². The van der Waals surface area contributed by atoms with Gasteiger partial charge in [-0.15, -0.1) is 0 Å². The van der Waals surface area contributed by atoms with E-state index in [0.29, 0.717) is 36.1 Å². The monoisotopic (exact) mass is 398 g/mol. The first-order valence-corrected chi connectivity index (χ1v) is 9.81. The Morgan fingerprint density at radius 2 is 1.79 bits per heavy atom. The molecule has 2 aromatic rings. The molecule has 0 unspecified atom stereocenters. The van der Waals surface area contributed by atoms with Gasteiger partial charge in [0.25, 0.3) is 5.91 Å². The molecule has 0 aliphatic rings. The average molecular weight is 399 g/mol. The van der Waals surface area contributed by atoms with Crippen LogP contribution in [0.4, 0.5) is 0 Å². The highest BCUT2D eigenvalue weighted by Crippen LogP contribution is 2.28. The molecule has 2 rings (SSSR count). The smallest absolute Gasteiger partial charge is 0.251 e. The lowest BCUT2D eigenvalue weighted by Crippen LogP contribution is -2.36. The number of amides is 2. The predicted octanol–water partition coefficient (Wildman–Crippen LogP) is 3.47. The van der Waals surface area contributed by atoms with E-state index in [1.807, 2.05) is 37.3 Å². The second-order valence-corrected chi connectivity index (χ2v) is 7.29. The number of aryl methyl sites for hydroxylation is 1. The number of carbonyl (C=O) groups excluding carboxylic acids is 2. The van der Waals surface area contributed by atoms with Crippen molar-refractivity contribution in [3.63, 3.8) is 0 Å². The molecule has 2 aromatic carbocycles. The molecule has 6 heteroatoms. The number of benzene rings is 2. The van der Waals surface area contributed by atoms with E-state index in [9.17, 15) is 9.59 Å². The summed E-state index contributed by atoms with van der Waals surface area (Å²) < 4.78 is 11.2.